The fraction of sp³-hybridized carbons (Fsp3) is 0.368. The predicted octanol–water partition coefficient (Wildman–Crippen LogP) is 3.74. The van der Waals surface area contributed by atoms with Crippen molar-refractivity contribution >= 4 is 40.1 Å². The first-order valence-electron chi connectivity index (χ1n) is 8.92. The van der Waals surface area contributed by atoms with Crippen molar-refractivity contribution in [3.63, 3.8) is 0 Å². The van der Waals surface area contributed by atoms with Crippen molar-refractivity contribution in [2.45, 2.75) is 26.7 Å². The number of hydrogen-bond acceptors (Lipinski definition) is 6. The zero-order valence-electron chi connectivity index (χ0n) is 15.2. The van der Waals surface area contributed by atoms with E-state index >= 15 is 0 Å². The van der Waals surface area contributed by atoms with Gasteiger partial charge in [-0.05, 0) is 44.4 Å². The third kappa shape index (κ3) is 3.47. The highest BCUT2D eigenvalue weighted by Crippen LogP contribution is 2.30. The van der Waals surface area contributed by atoms with E-state index in [0.29, 0.717) is 23.0 Å². The molecule has 1 aromatic carbocycles. The lowest BCUT2D eigenvalue weighted by molar-refractivity contribution is -0.120. The van der Waals surface area contributed by atoms with Crippen LogP contribution in [0.3, 0.4) is 0 Å². The minimum atomic E-state index is -0.135. The molecule has 1 atom stereocenters. The second-order valence-electron chi connectivity index (χ2n) is 6.88. The van der Waals surface area contributed by atoms with E-state index in [-0.39, 0.29) is 11.8 Å². The Bertz CT molecular complexity index is 1000. The van der Waals surface area contributed by atoms with Crippen LogP contribution >= 0.6 is 11.6 Å². The molecule has 2 aromatic heterocycles. The lowest BCUT2D eigenvalue weighted by atomic mass is 9.96. The van der Waals surface area contributed by atoms with Gasteiger partial charge in [-0.2, -0.15) is 4.98 Å². The minimum Gasteiger partial charge on any atom is -0.355 e. The van der Waals surface area contributed by atoms with Crippen molar-refractivity contribution in [1.29, 1.82) is 0 Å². The highest BCUT2D eigenvalue weighted by molar-refractivity contribution is 6.31. The smallest absolute Gasteiger partial charge is 0.263 e. The third-order valence-electron chi connectivity index (χ3n) is 4.95. The molecule has 1 aliphatic rings. The van der Waals surface area contributed by atoms with Crippen molar-refractivity contribution in [2.75, 3.05) is 23.3 Å². The first kappa shape index (κ1) is 17.7. The summed E-state index contributed by atoms with van der Waals surface area (Å²) in [7, 11) is 0. The molecule has 0 radical (unpaired) electrons. The molecule has 140 valence electrons. The fourth-order valence-corrected chi connectivity index (χ4v) is 3.62. The number of fused-ring (bicyclic) bond motifs is 1. The third-order valence-corrected chi connectivity index (χ3v) is 5.36. The van der Waals surface area contributed by atoms with Gasteiger partial charge in [0, 0.05) is 23.8 Å². The number of nitrogens with zero attached hydrogens (tertiary/aromatic N) is 4. The Hall–Kier alpha value is -2.67. The van der Waals surface area contributed by atoms with Gasteiger partial charge in [-0.15, -0.1) is 0 Å². The van der Waals surface area contributed by atoms with E-state index in [1.165, 1.54) is 6.33 Å². The molecule has 0 saturated carbocycles. The first-order valence-corrected chi connectivity index (χ1v) is 9.29. The van der Waals surface area contributed by atoms with E-state index in [4.69, 9.17) is 16.1 Å². The van der Waals surface area contributed by atoms with Crippen LogP contribution in [0.25, 0.3) is 11.1 Å². The maximum absolute atomic E-state index is 12.8. The van der Waals surface area contributed by atoms with Crippen LogP contribution in [-0.2, 0) is 4.79 Å². The first-order chi connectivity index (χ1) is 13.0. The maximum atomic E-state index is 12.8. The van der Waals surface area contributed by atoms with Crippen LogP contribution in [0.5, 0.6) is 0 Å². The number of carbonyl (C=O) groups excluding carboxylic acids is 1. The molecule has 0 unspecified atom stereocenters. The van der Waals surface area contributed by atoms with Gasteiger partial charge in [0.15, 0.2) is 0 Å². The molecule has 3 heterocycles. The van der Waals surface area contributed by atoms with E-state index in [2.05, 4.69) is 25.3 Å². The van der Waals surface area contributed by atoms with Crippen molar-refractivity contribution in [1.82, 2.24) is 15.1 Å². The summed E-state index contributed by atoms with van der Waals surface area (Å²) >= 11 is 6.16. The minimum absolute atomic E-state index is 0.00744. The number of carbonyl (C=O) groups is 1. The van der Waals surface area contributed by atoms with Gasteiger partial charge in [0.25, 0.3) is 5.71 Å². The van der Waals surface area contributed by atoms with Gasteiger partial charge in [-0.1, -0.05) is 22.8 Å². The molecule has 0 aliphatic carbocycles. The summed E-state index contributed by atoms with van der Waals surface area (Å²) in [5.74, 6) is 0.630. The maximum Gasteiger partial charge on any atom is 0.263 e. The molecule has 7 nitrogen and oxygen atoms in total. The summed E-state index contributed by atoms with van der Waals surface area (Å²) < 4.78 is 5.23. The van der Waals surface area contributed by atoms with Crippen LogP contribution in [0.15, 0.2) is 29.0 Å². The molecule has 8 heteroatoms. The number of anilines is 2. The Morgan fingerprint density at radius 1 is 1.33 bits per heavy atom. The quantitative estimate of drug-likeness (QED) is 0.739. The van der Waals surface area contributed by atoms with Gasteiger partial charge < -0.3 is 14.7 Å². The Labute approximate surface area is 161 Å². The second-order valence-corrected chi connectivity index (χ2v) is 7.29. The SMILES string of the molecule is Cc1ccc(NC(=O)[C@H]2CCCN(c3ncnc4onc(C)c34)C2)cc1Cl. The lowest BCUT2D eigenvalue weighted by Gasteiger charge is -2.33. The van der Waals surface area contributed by atoms with E-state index in [9.17, 15) is 4.79 Å². The average Bonchev–Trinajstić information content (AvgIpc) is 3.06. The van der Waals surface area contributed by atoms with Gasteiger partial charge >= 0.3 is 0 Å². The number of benzene rings is 1. The van der Waals surface area contributed by atoms with Gasteiger partial charge in [0.2, 0.25) is 5.91 Å². The Balaban J connectivity index is 1.53. The number of rotatable bonds is 3. The van der Waals surface area contributed by atoms with Crippen LogP contribution in [-0.4, -0.2) is 34.1 Å². The standard InChI is InChI=1S/C19H20ClN5O2/c1-11-5-6-14(8-15(11)20)23-18(26)13-4-3-7-25(9-13)17-16-12(2)24-27-19(16)22-10-21-17/h5-6,8,10,13H,3-4,7,9H2,1-2H3,(H,23,26)/t13-/m0/s1. The lowest BCUT2D eigenvalue weighted by Crippen LogP contribution is -2.41. The highest BCUT2D eigenvalue weighted by Gasteiger charge is 2.28. The largest absolute Gasteiger partial charge is 0.355 e. The number of amides is 1. The molecular weight excluding hydrogens is 366 g/mol. The zero-order valence-corrected chi connectivity index (χ0v) is 16.0. The van der Waals surface area contributed by atoms with Crippen LogP contribution in [0.1, 0.15) is 24.1 Å². The molecule has 27 heavy (non-hydrogen) atoms. The van der Waals surface area contributed by atoms with E-state index in [1.807, 2.05) is 26.0 Å². The van der Waals surface area contributed by atoms with Crippen LogP contribution < -0.4 is 10.2 Å². The van der Waals surface area contributed by atoms with E-state index in [1.54, 1.807) is 6.07 Å². The van der Waals surface area contributed by atoms with Gasteiger partial charge in [0.05, 0.1) is 11.6 Å². The highest BCUT2D eigenvalue weighted by atomic mass is 35.5. The molecular formula is C19H20ClN5O2. The number of nitrogens with one attached hydrogen (secondary N) is 1. The number of aryl methyl sites for hydroxylation is 2. The fourth-order valence-electron chi connectivity index (χ4n) is 3.44. The average molecular weight is 386 g/mol. The summed E-state index contributed by atoms with van der Waals surface area (Å²) in [6, 6.07) is 5.55. The topological polar surface area (TPSA) is 84.2 Å². The monoisotopic (exact) mass is 385 g/mol. The number of aromatic nitrogens is 3. The Morgan fingerprint density at radius 2 is 2.19 bits per heavy atom. The van der Waals surface area contributed by atoms with Crippen molar-refractivity contribution in [3.05, 3.63) is 40.8 Å². The Morgan fingerprint density at radius 3 is 3.00 bits per heavy atom. The summed E-state index contributed by atoms with van der Waals surface area (Å²) in [5, 5.41) is 8.41. The molecule has 1 saturated heterocycles. The predicted molar refractivity (Wildman–Crippen MR) is 104 cm³/mol. The molecule has 4 rings (SSSR count). The van der Waals surface area contributed by atoms with Crippen LogP contribution in [0.4, 0.5) is 11.5 Å². The normalized spacial score (nSPS) is 17.3. The molecule has 0 spiro atoms. The number of halogens is 1. The molecule has 1 N–H and O–H groups in total. The molecule has 1 fully saturated rings. The second kappa shape index (κ2) is 7.15. The summed E-state index contributed by atoms with van der Waals surface area (Å²) in [6.45, 7) is 5.22. The molecule has 3 aromatic rings. The Kier molecular flexibility index (Phi) is 4.70. The number of hydrogen-bond donors (Lipinski definition) is 1. The van der Waals surface area contributed by atoms with E-state index in [0.717, 1.165) is 41.8 Å². The van der Waals surface area contributed by atoms with E-state index < -0.39 is 0 Å². The summed E-state index contributed by atoms with van der Waals surface area (Å²) in [4.78, 5) is 23.4. The summed E-state index contributed by atoms with van der Waals surface area (Å²) in [6.07, 6.45) is 3.21. The number of piperidine rings is 1. The van der Waals surface area contributed by atoms with Crippen LogP contribution in [0.2, 0.25) is 5.02 Å². The zero-order chi connectivity index (χ0) is 19.0. The van der Waals surface area contributed by atoms with Crippen molar-refractivity contribution in [3.8, 4) is 0 Å². The van der Waals surface area contributed by atoms with Crippen molar-refractivity contribution < 1.29 is 9.32 Å². The molecule has 1 aliphatic heterocycles. The van der Waals surface area contributed by atoms with Gasteiger partial charge in [-0.3, -0.25) is 4.79 Å². The van der Waals surface area contributed by atoms with Gasteiger partial charge in [-0.25, -0.2) is 4.98 Å². The molecule has 0 bridgehead atoms. The van der Waals surface area contributed by atoms with Crippen molar-refractivity contribution in [2.24, 2.45) is 5.92 Å². The van der Waals surface area contributed by atoms with Gasteiger partial charge in [0.1, 0.15) is 17.5 Å². The molecule has 1 amide bonds. The summed E-state index contributed by atoms with van der Waals surface area (Å²) in [5.41, 5.74) is 2.92. The van der Waals surface area contributed by atoms with Crippen LogP contribution in [0, 0.1) is 19.8 Å².